The van der Waals surface area contributed by atoms with Crippen molar-refractivity contribution in [3.63, 3.8) is 0 Å². The molecule has 102 valence electrons. The molecule has 2 unspecified atom stereocenters. The van der Waals surface area contributed by atoms with Gasteiger partial charge in [-0.05, 0) is 36.8 Å². The lowest BCUT2D eigenvalue weighted by molar-refractivity contribution is 0.170. The molecule has 2 nitrogen and oxygen atoms in total. The number of benzene rings is 1. The maximum absolute atomic E-state index is 13.0. The molecule has 1 heterocycles. The lowest BCUT2D eigenvalue weighted by Crippen LogP contribution is -2.24. The third-order valence-corrected chi connectivity index (χ3v) is 4.29. The van der Waals surface area contributed by atoms with Gasteiger partial charge >= 0.3 is 0 Å². The van der Waals surface area contributed by atoms with Gasteiger partial charge in [-0.3, -0.25) is 0 Å². The zero-order valence-electron chi connectivity index (χ0n) is 10.4. The van der Waals surface area contributed by atoms with Crippen LogP contribution in [-0.2, 0) is 0 Å². The largest absolute Gasteiger partial charge is 0.387 e. The van der Waals surface area contributed by atoms with Gasteiger partial charge in [-0.2, -0.15) is 0 Å². The van der Waals surface area contributed by atoms with Crippen LogP contribution in [0.4, 0.5) is 4.39 Å². The normalized spacial score (nSPS) is 14.3. The van der Waals surface area contributed by atoms with E-state index in [0.717, 1.165) is 9.21 Å². The number of hydrogen-bond acceptors (Lipinski definition) is 3. The molecule has 0 aliphatic rings. The SMILES string of the molecule is CC(NCC(O)c1cccc(F)c1)c1ccc(Cl)s1. The van der Waals surface area contributed by atoms with Crippen molar-refractivity contribution in [3.05, 3.63) is 57.0 Å². The Labute approximate surface area is 120 Å². The van der Waals surface area contributed by atoms with Crippen molar-refractivity contribution in [1.29, 1.82) is 0 Å². The predicted octanol–water partition coefficient (Wildman–Crippen LogP) is 3.92. The van der Waals surface area contributed by atoms with Crippen molar-refractivity contribution in [2.24, 2.45) is 0 Å². The molecule has 2 aromatic rings. The minimum Gasteiger partial charge on any atom is -0.387 e. The Balaban J connectivity index is 1.91. The minimum absolute atomic E-state index is 0.0979. The average Bonchev–Trinajstić information content (AvgIpc) is 2.82. The second-order valence-corrected chi connectivity index (χ2v) is 6.09. The molecule has 0 aliphatic carbocycles. The first-order valence-electron chi connectivity index (χ1n) is 5.98. The summed E-state index contributed by atoms with van der Waals surface area (Å²) >= 11 is 7.39. The van der Waals surface area contributed by atoms with Gasteiger partial charge in [-0.15, -0.1) is 11.3 Å². The summed E-state index contributed by atoms with van der Waals surface area (Å²) in [6, 6.07) is 9.92. The molecule has 19 heavy (non-hydrogen) atoms. The van der Waals surface area contributed by atoms with Crippen LogP contribution in [0.2, 0.25) is 4.34 Å². The summed E-state index contributed by atoms with van der Waals surface area (Å²) < 4.78 is 13.8. The molecule has 1 aromatic carbocycles. The lowest BCUT2D eigenvalue weighted by atomic mass is 10.1. The molecule has 0 saturated heterocycles. The van der Waals surface area contributed by atoms with Crippen LogP contribution in [0.25, 0.3) is 0 Å². The lowest BCUT2D eigenvalue weighted by Gasteiger charge is -2.16. The third-order valence-electron chi connectivity index (χ3n) is 2.87. The molecular formula is C14H15ClFNOS. The topological polar surface area (TPSA) is 32.3 Å². The van der Waals surface area contributed by atoms with Crippen molar-refractivity contribution < 1.29 is 9.50 Å². The van der Waals surface area contributed by atoms with Crippen LogP contribution in [0.1, 0.15) is 29.5 Å². The van der Waals surface area contributed by atoms with Crippen molar-refractivity contribution >= 4 is 22.9 Å². The van der Waals surface area contributed by atoms with E-state index in [9.17, 15) is 9.50 Å². The number of nitrogens with one attached hydrogen (secondary N) is 1. The Bertz CT molecular complexity index is 546. The Morgan fingerprint density at radius 1 is 1.37 bits per heavy atom. The van der Waals surface area contributed by atoms with Crippen LogP contribution < -0.4 is 5.32 Å². The van der Waals surface area contributed by atoms with Crippen molar-refractivity contribution in [3.8, 4) is 0 Å². The summed E-state index contributed by atoms with van der Waals surface area (Å²) in [5.41, 5.74) is 0.573. The monoisotopic (exact) mass is 299 g/mol. The van der Waals surface area contributed by atoms with E-state index < -0.39 is 6.10 Å². The molecule has 5 heteroatoms. The van der Waals surface area contributed by atoms with E-state index in [2.05, 4.69) is 5.32 Å². The van der Waals surface area contributed by atoms with Gasteiger partial charge in [0.1, 0.15) is 5.82 Å². The number of thiophene rings is 1. The van der Waals surface area contributed by atoms with Gasteiger partial charge in [0.15, 0.2) is 0 Å². The van der Waals surface area contributed by atoms with Crippen molar-refractivity contribution in [2.45, 2.75) is 19.1 Å². The van der Waals surface area contributed by atoms with Crippen molar-refractivity contribution in [2.75, 3.05) is 6.54 Å². The molecule has 1 aromatic heterocycles. The highest BCUT2D eigenvalue weighted by molar-refractivity contribution is 7.16. The molecule has 0 aliphatic heterocycles. The Morgan fingerprint density at radius 3 is 2.79 bits per heavy atom. The highest BCUT2D eigenvalue weighted by Crippen LogP contribution is 2.27. The molecule has 0 fully saturated rings. The fraction of sp³-hybridized carbons (Fsp3) is 0.286. The van der Waals surface area contributed by atoms with Crippen LogP contribution in [0.3, 0.4) is 0 Å². The molecule has 0 spiro atoms. The zero-order chi connectivity index (χ0) is 13.8. The van der Waals surface area contributed by atoms with Gasteiger partial charge in [0.05, 0.1) is 10.4 Å². The molecule has 2 N–H and O–H groups in total. The quantitative estimate of drug-likeness (QED) is 0.877. The first-order chi connectivity index (χ1) is 9.06. The number of rotatable bonds is 5. The number of aliphatic hydroxyl groups is 1. The van der Waals surface area contributed by atoms with Gasteiger partial charge in [0.2, 0.25) is 0 Å². The van der Waals surface area contributed by atoms with Crippen LogP contribution in [0.15, 0.2) is 36.4 Å². The molecule has 2 atom stereocenters. The van der Waals surface area contributed by atoms with Gasteiger partial charge in [-0.25, -0.2) is 4.39 Å². The Kier molecular flexibility index (Phi) is 4.93. The highest BCUT2D eigenvalue weighted by Gasteiger charge is 2.12. The summed E-state index contributed by atoms with van der Waals surface area (Å²) in [6.45, 7) is 2.36. The van der Waals surface area contributed by atoms with E-state index in [0.29, 0.717) is 12.1 Å². The second kappa shape index (κ2) is 6.48. The number of hydrogen-bond donors (Lipinski definition) is 2. The standard InChI is InChI=1S/C14H15ClFNOS/c1-9(13-5-6-14(15)19-13)17-8-12(18)10-3-2-4-11(16)7-10/h2-7,9,12,17-18H,8H2,1H3. The minimum atomic E-state index is -0.728. The van der Waals surface area contributed by atoms with Crippen molar-refractivity contribution in [1.82, 2.24) is 5.32 Å². The van der Waals surface area contributed by atoms with E-state index in [1.54, 1.807) is 12.1 Å². The summed E-state index contributed by atoms with van der Waals surface area (Å²) in [7, 11) is 0. The zero-order valence-corrected chi connectivity index (χ0v) is 12.0. The highest BCUT2D eigenvalue weighted by atomic mass is 35.5. The predicted molar refractivity (Wildman–Crippen MR) is 77.1 cm³/mol. The molecular weight excluding hydrogens is 285 g/mol. The maximum Gasteiger partial charge on any atom is 0.123 e. The fourth-order valence-electron chi connectivity index (χ4n) is 1.78. The Hall–Kier alpha value is -0.940. The van der Waals surface area contributed by atoms with E-state index >= 15 is 0 Å². The van der Waals surface area contributed by atoms with E-state index in [1.807, 2.05) is 19.1 Å². The van der Waals surface area contributed by atoms with Crippen LogP contribution >= 0.6 is 22.9 Å². The van der Waals surface area contributed by atoms with E-state index in [-0.39, 0.29) is 11.9 Å². The van der Waals surface area contributed by atoms with Crippen LogP contribution in [0.5, 0.6) is 0 Å². The van der Waals surface area contributed by atoms with E-state index in [4.69, 9.17) is 11.6 Å². The molecule has 2 rings (SSSR count). The maximum atomic E-state index is 13.0. The first kappa shape index (κ1) is 14.5. The average molecular weight is 300 g/mol. The summed E-state index contributed by atoms with van der Waals surface area (Å²) in [4.78, 5) is 1.11. The number of halogens is 2. The van der Waals surface area contributed by atoms with Gasteiger partial charge in [-0.1, -0.05) is 23.7 Å². The smallest absolute Gasteiger partial charge is 0.123 e. The van der Waals surface area contributed by atoms with E-state index in [1.165, 1.54) is 23.5 Å². The second-order valence-electron chi connectivity index (χ2n) is 4.34. The molecule has 0 radical (unpaired) electrons. The summed E-state index contributed by atoms with van der Waals surface area (Å²) in [5, 5.41) is 13.2. The van der Waals surface area contributed by atoms with Gasteiger partial charge in [0.25, 0.3) is 0 Å². The fourth-order valence-corrected chi connectivity index (χ4v) is 2.87. The number of aliphatic hydroxyl groups excluding tert-OH is 1. The van der Waals surface area contributed by atoms with Crippen LogP contribution in [-0.4, -0.2) is 11.7 Å². The summed E-state index contributed by atoms with van der Waals surface area (Å²) in [5.74, 6) is -0.338. The summed E-state index contributed by atoms with van der Waals surface area (Å²) in [6.07, 6.45) is -0.728. The first-order valence-corrected chi connectivity index (χ1v) is 7.18. The van der Waals surface area contributed by atoms with Gasteiger partial charge in [0, 0.05) is 17.5 Å². The molecule has 0 amide bonds. The molecule has 0 bridgehead atoms. The Morgan fingerprint density at radius 2 is 2.16 bits per heavy atom. The van der Waals surface area contributed by atoms with Gasteiger partial charge < -0.3 is 10.4 Å². The third kappa shape index (κ3) is 4.01. The van der Waals surface area contributed by atoms with Crippen LogP contribution in [0, 0.1) is 5.82 Å². The molecule has 0 saturated carbocycles.